The summed E-state index contributed by atoms with van der Waals surface area (Å²) in [4.78, 5) is 2.48. The number of aliphatic hydroxyl groups is 1. The summed E-state index contributed by atoms with van der Waals surface area (Å²) in [5.74, 6) is 0.296. The second kappa shape index (κ2) is 7.50. The molecule has 2 nitrogen and oxygen atoms in total. The summed E-state index contributed by atoms with van der Waals surface area (Å²) in [6.07, 6.45) is 6.01. The van der Waals surface area contributed by atoms with Crippen LogP contribution in [0.4, 0.5) is 5.69 Å². The Kier molecular flexibility index (Phi) is 5.91. The number of nitrogens with zero attached hydrogens (tertiary/aromatic N) is 1. The van der Waals surface area contributed by atoms with Crippen molar-refractivity contribution in [2.24, 2.45) is 0 Å². The lowest BCUT2D eigenvalue weighted by molar-refractivity contribution is 0.256. The number of fused-ring (bicyclic) bond motifs is 1. The molecule has 0 saturated carbocycles. The van der Waals surface area contributed by atoms with Crippen molar-refractivity contribution in [3.8, 4) is 0 Å². The van der Waals surface area contributed by atoms with E-state index in [0.29, 0.717) is 5.92 Å². The fourth-order valence-electron chi connectivity index (χ4n) is 3.63. The zero-order valence-electron chi connectivity index (χ0n) is 14.9. The number of aliphatic hydroxyl groups excluding tert-OH is 1. The first-order valence-electron chi connectivity index (χ1n) is 9.03. The standard InChI is InChI=1S/C20H33NO/c1-5-7-8-9-17(15-22)16-10-11-19-18(14-16)20(3,4)12-13-21(19)6-2/h10-11,14,17,22H,5-9,12-13,15H2,1-4H3/t17-/m1/s1. The molecule has 0 amide bonds. The van der Waals surface area contributed by atoms with Gasteiger partial charge >= 0.3 is 0 Å². The van der Waals surface area contributed by atoms with E-state index in [-0.39, 0.29) is 12.0 Å². The molecule has 1 atom stereocenters. The van der Waals surface area contributed by atoms with Crippen molar-refractivity contribution in [2.75, 3.05) is 24.6 Å². The van der Waals surface area contributed by atoms with Gasteiger partial charge in [0.1, 0.15) is 0 Å². The Morgan fingerprint density at radius 2 is 2.00 bits per heavy atom. The minimum Gasteiger partial charge on any atom is -0.396 e. The quantitative estimate of drug-likeness (QED) is 0.728. The van der Waals surface area contributed by atoms with E-state index in [0.717, 1.165) is 19.5 Å². The fourth-order valence-corrected chi connectivity index (χ4v) is 3.63. The normalized spacial score (nSPS) is 18.1. The molecule has 124 valence electrons. The van der Waals surface area contributed by atoms with Crippen molar-refractivity contribution in [1.82, 2.24) is 0 Å². The molecule has 2 heteroatoms. The van der Waals surface area contributed by atoms with E-state index in [1.807, 2.05) is 0 Å². The maximum Gasteiger partial charge on any atom is 0.0499 e. The second-order valence-corrected chi connectivity index (χ2v) is 7.37. The maximum absolute atomic E-state index is 9.80. The smallest absolute Gasteiger partial charge is 0.0499 e. The molecule has 1 aromatic carbocycles. The molecule has 1 heterocycles. The van der Waals surface area contributed by atoms with Gasteiger partial charge in [-0.3, -0.25) is 0 Å². The first-order valence-corrected chi connectivity index (χ1v) is 9.03. The van der Waals surface area contributed by atoms with Crippen molar-refractivity contribution in [3.05, 3.63) is 29.3 Å². The molecule has 0 fully saturated rings. The average Bonchev–Trinajstić information content (AvgIpc) is 2.52. The van der Waals surface area contributed by atoms with E-state index in [9.17, 15) is 5.11 Å². The van der Waals surface area contributed by atoms with Crippen LogP contribution >= 0.6 is 0 Å². The summed E-state index contributed by atoms with van der Waals surface area (Å²) in [6, 6.07) is 6.91. The molecule has 22 heavy (non-hydrogen) atoms. The lowest BCUT2D eigenvalue weighted by Crippen LogP contribution is -2.37. The Labute approximate surface area is 136 Å². The van der Waals surface area contributed by atoms with E-state index < -0.39 is 0 Å². The van der Waals surface area contributed by atoms with Gasteiger partial charge in [0.15, 0.2) is 0 Å². The molecule has 0 bridgehead atoms. The predicted octanol–water partition coefficient (Wildman–Crippen LogP) is 4.85. The average molecular weight is 303 g/mol. The number of anilines is 1. The Hall–Kier alpha value is -1.02. The van der Waals surface area contributed by atoms with E-state index >= 15 is 0 Å². The van der Waals surface area contributed by atoms with Gasteiger partial charge in [-0.2, -0.15) is 0 Å². The molecule has 0 spiro atoms. The van der Waals surface area contributed by atoms with Crippen molar-refractivity contribution < 1.29 is 5.11 Å². The Morgan fingerprint density at radius 1 is 1.23 bits per heavy atom. The van der Waals surface area contributed by atoms with Crippen molar-refractivity contribution in [3.63, 3.8) is 0 Å². The molecule has 2 rings (SSSR count). The van der Waals surface area contributed by atoms with Gasteiger partial charge in [-0.15, -0.1) is 0 Å². The van der Waals surface area contributed by atoms with Gasteiger partial charge in [-0.25, -0.2) is 0 Å². The molecule has 0 saturated heterocycles. The van der Waals surface area contributed by atoms with Gasteiger partial charge in [0, 0.05) is 31.3 Å². The Balaban J connectivity index is 2.28. The third-order valence-corrected chi connectivity index (χ3v) is 5.33. The minimum atomic E-state index is 0.237. The highest BCUT2D eigenvalue weighted by atomic mass is 16.3. The highest BCUT2D eigenvalue weighted by Gasteiger charge is 2.31. The van der Waals surface area contributed by atoms with Crippen molar-refractivity contribution in [1.29, 1.82) is 0 Å². The Bertz CT molecular complexity index is 481. The first-order chi connectivity index (χ1) is 10.5. The number of hydrogen-bond acceptors (Lipinski definition) is 2. The van der Waals surface area contributed by atoms with Crippen LogP contribution in [0.15, 0.2) is 18.2 Å². The van der Waals surface area contributed by atoms with Gasteiger partial charge in [0.05, 0.1) is 0 Å². The van der Waals surface area contributed by atoms with E-state index in [4.69, 9.17) is 0 Å². The summed E-state index contributed by atoms with van der Waals surface area (Å²) in [5, 5.41) is 9.80. The zero-order chi connectivity index (χ0) is 16.2. The van der Waals surface area contributed by atoms with Crippen LogP contribution in [-0.4, -0.2) is 24.8 Å². The minimum absolute atomic E-state index is 0.237. The van der Waals surface area contributed by atoms with Crippen LogP contribution in [0.1, 0.15) is 76.8 Å². The molecular formula is C20H33NO. The summed E-state index contributed by atoms with van der Waals surface area (Å²) in [5.41, 5.74) is 4.42. The molecule has 1 aliphatic heterocycles. The van der Waals surface area contributed by atoms with Gasteiger partial charge in [-0.05, 0) is 42.4 Å². The monoisotopic (exact) mass is 303 g/mol. The number of unbranched alkanes of at least 4 members (excludes halogenated alkanes) is 2. The van der Waals surface area contributed by atoms with Gasteiger partial charge in [0.2, 0.25) is 0 Å². The van der Waals surface area contributed by atoms with Crippen LogP contribution in [0.5, 0.6) is 0 Å². The van der Waals surface area contributed by atoms with Crippen LogP contribution in [0.3, 0.4) is 0 Å². The fraction of sp³-hybridized carbons (Fsp3) is 0.700. The summed E-state index contributed by atoms with van der Waals surface area (Å²) in [6.45, 7) is 11.7. The number of benzene rings is 1. The van der Waals surface area contributed by atoms with Gasteiger partial charge in [0.25, 0.3) is 0 Å². The van der Waals surface area contributed by atoms with Gasteiger partial charge < -0.3 is 10.0 Å². The molecule has 1 aliphatic rings. The van der Waals surface area contributed by atoms with E-state index in [2.05, 4.69) is 50.8 Å². The molecule has 0 aromatic heterocycles. The largest absolute Gasteiger partial charge is 0.396 e. The highest BCUT2D eigenvalue weighted by Crippen LogP contribution is 2.41. The number of hydrogen-bond donors (Lipinski definition) is 1. The van der Waals surface area contributed by atoms with Crippen LogP contribution in [-0.2, 0) is 5.41 Å². The molecule has 1 aromatic rings. The summed E-state index contributed by atoms with van der Waals surface area (Å²) < 4.78 is 0. The summed E-state index contributed by atoms with van der Waals surface area (Å²) in [7, 11) is 0. The van der Waals surface area contributed by atoms with Crippen LogP contribution in [0.2, 0.25) is 0 Å². The lowest BCUT2D eigenvalue weighted by Gasteiger charge is -2.40. The van der Waals surface area contributed by atoms with E-state index in [1.165, 1.54) is 42.5 Å². The van der Waals surface area contributed by atoms with Crippen LogP contribution in [0, 0.1) is 0 Å². The van der Waals surface area contributed by atoms with Crippen LogP contribution < -0.4 is 4.90 Å². The van der Waals surface area contributed by atoms with Gasteiger partial charge in [-0.1, -0.05) is 52.2 Å². The molecular weight excluding hydrogens is 270 g/mol. The Morgan fingerprint density at radius 3 is 2.64 bits per heavy atom. The SMILES string of the molecule is CCCCC[C@H](CO)c1ccc2c(c1)C(C)(C)CCN2CC. The molecule has 1 N–H and O–H groups in total. The van der Waals surface area contributed by atoms with Crippen molar-refractivity contribution in [2.45, 2.75) is 71.1 Å². The molecule has 0 radical (unpaired) electrons. The summed E-state index contributed by atoms with van der Waals surface area (Å²) >= 11 is 0. The second-order valence-electron chi connectivity index (χ2n) is 7.37. The lowest BCUT2D eigenvalue weighted by atomic mass is 9.76. The van der Waals surface area contributed by atoms with Crippen molar-refractivity contribution >= 4 is 5.69 Å². The zero-order valence-corrected chi connectivity index (χ0v) is 14.9. The molecule has 0 aliphatic carbocycles. The topological polar surface area (TPSA) is 23.5 Å². The third kappa shape index (κ3) is 3.65. The molecule has 0 unspecified atom stereocenters. The van der Waals surface area contributed by atoms with E-state index in [1.54, 1.807) is 0 Å². The van der Waals surface area contributed by atoms with Crippen LogP contribution in [0.25, 0.3) is 0 Å². The number of rotatable bonds is 7. The maximum atomic E-state index is 9.80. The third-order valence-electron chi connectivity index (χ3n) is 5.33. The highest BCUT2D eigenvalue weighted by molar-refractivity contribution is 5.60. The predicted molar refractivity (Wildman–Crippen MR) is 95.9 cm³/mol. The first kappa shape index (κ1) is 17.3.